The molecule has 0 saturated carbocycles. The van der Waals surface area contributed by atoms with E-state index in [1.807, 2.05) is 54.6 Å². The van der Waals surface area contributed by atoms with Crippen molar-refractivity contribution in [1.82, 2.24) is 5.16 Å². The molecule has 0 unspecified atom stereocenters. The Labute approximate surface area is 185 Å². The predicted octanol–water partition coefficient (Wildman–Crippen LogP) is 3.17. The molecule has 6 rings (SSSR count). The average molecular weight is 427 g/mol. The lowest BCUT2D eigenvalue weighted by Crippen LogP contribution is -2.89. The van der Waals surface area contributed by atoms with Gasteiger partial charge in [-0.2, -0.15) is 0 Å². The van der Waals surface area contributed by atoms with Crippen LogP contribution in [0.2, 0.25) is 0 Å². The van der Waals surface area contributed by atoms with Gasteiger partial charge in [0, 0.05) is 16.8 Å². The molecule has 1 aliphatic heterocycles. The zero-order chi connectivity index (χ0) is 21.7. The Hall–Kier alpha value is -3.84. The molecule has 2 heterocycles. The van der Waals surface area contributed by atoms with Crippen molar-refractivity contribution in [2.24, 2.45) is 0 Å². The van der Waals surface area contributed by atoms with Gasteiger partial charge in [0.1, 0.15) is 11.3 Å². The van der Waals surface area contributed by atoms with E-state index in [0.29, 0.717) is 16.9 Å². The third kappa shape index (κ3) is 2.85. The number of carbonyl (C=O) groups is 1. The third-order valence-electron chi connectivity index (χ3n) is 6.29. The normalized spacial score (nSPS) is 15.0. The molecule has 7 heteroatoms. The largest absolute Gasteiger partial charge is 0.497 e. The Morgan fingerprint density at radius 1 is 1.06 bits per heavy atom. The van der Waals surface area contributed by atoms with Crippen LogP contribution in [0.25, 0.3) is 22.2 Å². The average Bonchev–Trinajstić information content (AvgIpc) is 3.29. The number of nitrogens with two attached hydrogens (primary N) is 1. The van der Waals surface area contributed by atoms with Gasteiger partial charge in [0.05, 0.1) is 55.6 Å². The minimum atomic E-state index is -0.0177. The summed E-state index contributed by atoms with van der Waals surface area (Å²) in [6.07, 6.45) is 0. The van der Waals surface area contributed by atoms with Crippen molar-refractivity contribution in [2.75, 3.05) is 43.5 Å². The molecule has 0 radical (unpaired) electrons. The van der Waals surface area contributed by atoms with Crippen molar-refractivity contribution in [3.8, 4) is 17.1 Å². The zero-order valence-corrected chi connectivity index (χ0v) is 17.7. The number of nitrogens with one attached hydrogen (secondary N) is 1. The number of benzene rings is 3. The van der Waals surface area contributed by atoms with E-state index in [2.05, 4.69) is 20.7 Å². The first-order valence-electron chi connectivity index (χ1n) is 10.8. The summed E-state index contributed by atoms with van der Waals surface area (Å²) in [5.41, 5.74) is 5.43. The highest BCUT2D eigenvalue weighted by molar-refractivity contribution is 6.28. The van der Waals surface area contributed by atoms with Crippen LogP contribution in [0.3, 0.4) is 0 Å². The number of aromatic nitrogens is 1. The Kier molecular flexibility index (Phi) is 4.36. The monoisotopic (exact) mass is 427 g/mol. The minimum absolute atomic E-state index is 0.0177. The summed E-state index contributed by atoms with van der Waals surface area (Å²) in [5, 5.41) is 11.0. The van der Waals surface area contributed by atoms with Crippen LogP contribution in [0.4, 0.5) is 17.1 Å². The van der Waals surface area contributed by atoms with Gasteiger partial charge in [-0.25, -0.2) is 0 Å². The number of ketones is 1. The van der Waals surface area contributed by atoms with E-state index in [0.717, 1.165) is 65.5 Å². The molecule has 1 fully saturated rings. The van der Waals surface area contributed by atoms with Crippen LogP contribution in [-0.4, -0.2) is 44.2 Å². The zero-order valence-electron chi connectivity index (χ0n) is 17.7. The number of hydrogen-bond acceptors (Lipinski definition) is 6. The minimum Gasteiger partial charge on any atom is -0.497 e. The number of fused-ring (bicyclic) bond motifs is 2. The molecule has 3 aromatic carbocycles. The molecule has 0 spiro atoms. The molecule has 160 valence electrons. The molecule has 1 saturated heterocycles. The molecule has 2 aliphatic rings. The van der Waals surface area contributed by atoms with E-state index >= 15 is 0 Å². The molecule has 4 aromatic rings. The quantitative estimate of drug-likeness (QED) is 0.458. The van der Waals surface area contributed by atoms with E-state index in [4.69, 9.17) is 9.26 Å². The number of methoxy groups -OCH3 is 1. The van der Waals surface area contributed by atoms with Crippen molar-refractivity contribution in [3.63, 3.8) is 0 Å². The highest BCUT2D eigenvalue weighted by Gasteiger charge is 2.34. The van der Waals surface area contributed by atoms with Crippen molar-refractivity contribution in [2.45, 2.75) is 0 Å². The topological polar surface area (TPSA) is 84.2 Å². The third-order valence-corrected chi connectivity index (χ3v) is 6.29. The van der Waals surface area contributed by atoms with Gasteiger partial charge < -0.3 is 24.8 Å². The van der Waals surface area contributed by atoms with Gasteiger partial charge >= 0.3 is 0 Å². The van der Waals surface area contributed by atoms with E-state index in [1.165, 1.54) is 0 Å². The summed E-state index contributed by atoms with van der Waals surface area (Å²) in [6.45, 7) is 3.89. The summed E-state index contributed by atoms with van der Waals surface area (Å²) in [7, 11) is 1.65. The molecule has 3 N–H and O–H groups in total. The maximum Gasteiger partial charge on any atom is 0.196 e. The first-order valence-corrected chi connectivity index (χ1v) is 10.8. The van der Waals surface area contributed by atoms with Gasteiger partial charge in [-0.3, -0.25) is 4.79 Å². The Morgan fingerprint density at radius 2 is 1.81 bits per heavy atom. The summed E-state index contributed by atoms with van der Waals surface area (Å²) < 4.78 is 11.1. The summed E-state index contributed by atoms with van der Waals surface area (Å²) in [5.74, 6) is 1.42. The number of piperazine rings is 1. The second-order valence-corrected chi connectivity index (χ2v) is 8.13. The molecule has 0 atom stereocenters. The van der Waals surface area contributed by atoms with Crippen LogP contribution in [0.1, 0.15) is 15.9 Å². The molecule has 0 amide bonds. The lowest BCUT2D eigenvalue weighted by Gasteiger charge is -2.29. The van der Waals surface area contributed by atoms with E-state index < -0.39 is 0 Å². The molecule has 7 nitrogen and oxygen atoms in total. The fourth-order valence-electron chi connectivity index (χ4n) is 4.70. The number of hydrogen-bond donors (Lipinski definition) is 2. The van der Waals surface area contributed by atoms with Gasteiger partial charge in [-0.15, -0.1) is 0 Å². The van der Waals surface area contributed by atoms with Crippen molar-refractivity contribution < 1.29 is 19.4 Å². The fourth-order valence-corrected chi connectivity index (χ4v) is 4.70. The lowest BCUT2D eigenvalue weighted by atomic mass is 9.86. The SMILES string of the molecule is COc1ccc(Nc2cc(N3CC[NH2+]CC3)c3noc4c3c2C(=O)c2ccccc2-4)cc1. The highest BCUT2D eigenvalue weighted by Crippen LogP contribution is 2.46. The highest BCUT2D eigenvalue weighted by atomic mass is 16.5. The molecule has 0 bridgehead atoms. The van der Waals surface area contributed by atoms with Crippen LogP contribution in [0, 0.1) is 0 Å². The Bertz CT molecular complexity index is 1340. The van der Waals surface area contributed by atoms with Crippen LogP contribution in [0.5, 0.6) is 5.75 Å². The number of carbonyl (C=O) groups excluding carboxylic acids is 1. The lowest BCUT2D eigenvalue weighted by molar-refractivity contribution is -0.655. The van der Waals surface area contributed by atoms with Gasteiger partial charge in [-0.1, -0.05) is 29.4 Å². The Morgan fingerprint density at radius 3 is 2.56 bits per heavy atom. The van der Waals surface area contributed by atoms with Gasteiger partial charge in [0.25, 0.3) is 0 Å². The summed E-state index contributed by atoms with van der Waals surface area (Å²) in [4.78, 5) is 16.0. The van der Waals surface area contributed by atoms with Gasteiger partial charge in [0.2, 0.25) is 0 Å². The fraction of sp³-hybridized carbons (Fsp3) is 0.200. The van der Waals surface area contributed by atoms with Crippen LogP contribution >= 0.6 is 0 Å². The van der Waals surface area contributed by atoms with Crippen molar-refractivity contribution in [1.29, 1.82) is 0 Å². The smallest absolute Gasteiger partial charge is 0.196 e. The van der Waals surface area contributed by atoms with Crippen LogP contribution in [0.15, 0.2) is 59.1 Å². The first-order chi connectivity index (χ1) is 15.7. The number of ether oxygens (including phenoxy) is 1. The molecule has 1 aliphatic carbocycles. The summed E-state index contributed by atoms with van der Waals surface area (Å²) in [6, 6.07) is 17.3. The van der Waals surface area contributed by atoms with Crippen molar-refractivity contribution in [3.05, 3.63) is 65.7 Å². The number of rotatable bonds is 4. The number of nitrogens with zero attached hydrogens (tertiary/aromatic N) is 2. The number of quaternary nitrogens is 1. The Balaban J connectivity index is 1.58. The second-order valence-electron chi connectivity index (χ2n) is 8.13. The van der Waals surface area contributed by atoms with E-state index in [-0.39, 0.29) is 5.78 Å². The van der Waals surface area contributed by atoms with Crippen LogP contribution < -0.4 is 20.3 Å². The molecule has 32 heavy (non-hydrogen) atoms. The first kappa shape index (κ1) is 18.9. The molecule has 1 aromatic heterocycles. The second kappa shape index (κ2) is 7.39. The van der Waals surface area contributed by atoms with Crippen molar-refractivity contribution >= 4 is 33.7 Å². The van der Waals surface area contributed by atoms with E-state index in [1.54, 1.807) is 7.11 Å². The maximum absolute atomic E-state index is 13.6. The number of anilines is 3. The van der Waals surface area contributed by atoms with Crippen LogP contribution in [-0.2, 0) is 0 Å². The molecular formula is C25H23N4O3+. The molecular weight excluding hydrogens is 404 g/mol. The summed E-state index contributed by atoms with van der Waals surface area (Å²) >= 11 is 0. The maximum atomic E-state index is 13.6. The predicted molar refractivity (Wildman–Crippen MR) is 123 cm³/mol. The van der Waals surface area contributed by atoms with Gasteiger partial charge in [0.15, 0.2) is 11.5 Å². The van der Waals surface area contributed by atoms with Gasteiger partial charge in [-0.05, 0) is 30.3 Å². The standard InChI is InChI=1S/C25H22N4O3/c1-31-16-8-6-15(7-9-16)27-19-14-20(29-12-10-26-11-13-29)23-22-21(19)24(30)17-4-2-3-5-18(17)25(22)32-28-23/h2-9,14,26-27H,10-13H2,1H3/p+1. The van der Waals surface area contributed by atoms with E-state index in [9.17, 15) is 4.79 Å².